The molecule has 0 radical (unpaired) electrons. The van der Waals surface area contributed by atoms with Gasteiger partial charge in [-0.05, 0) is 86.6 Å². The van der Waals surface area contributed by atoms with E-state index in [0.717, 1.165) is 66.0 Å². The predicted octanol–water partition coefficient (Wildman–Crippen LogP) is 12.0. The van der Waals surface area contributed by atoms with Gasteiger partial charge in [0.1, 0.15) is 5.52 Å². The van der Waals surface area contributed by atoms with Crippen molar-refractivity contribution < 1.29 is 4.42 Å². The molecule has 50 heavy (non-hydrogen) atoms. The third kappa shape index (κ3) is 5.33. The largest absolute Gasteiger partial charge is 0.436 e. The summed E-state index contributed by atoms with van der Waals surface area (Å²) < 4.78 is 6.24. The summed E-state index contributed by atoms with van der Waals surface area (Å²) in [5.74, 6) is 1.21. The van der Waals surface area contributed by atoms with E-state index in [1.807, 2.05) is 43.3 Å². The lowest BCUT2D eigenvalue weighted by atomic mass is 9.98. The number of aromatic nitrogens is 1. The Morgan fingerprint density at radius 3 is 1.88 bits per heavy atom. The van der Waals surface area contributed by atoms with Gasteiger partial charge in [0, 0.05) is 27.8 Å². The van der Waals surface area contributed by atoms with Gasteiger partial charge in [-0.15, -0.1) is 0 Å². The first kappa shape index (κ1) is 29.5. The number of hydrogen-bond donors (Lipinski definition) is 0. The molecule has 4 nitrogen and oxygen atoms in total. The minimum Gasteiger partial charge on any atom is -0.436 e. The number of nitrogens with zero attached hydrogens (tertiary/aromatic N) is 3. The fourth-order valence-corrected chi connectivity index (χ4v) is 6.74. The first-order valence-electron chi connectivity index (χ1n) is 16.7. The highest BCUT2D eigenvalue weighted by Gasteiger charge is 2.15. The van der Waals surface area contributed by atoms with Crippen LogP contribution in [0.5, 0.6) is 0 Å². The van der Waals surface area contributed by atoms with Crippen molar-refractivity contribution in [3.05, 3.63) is 181 Å². The van der Waals surface area contributed by atoms with E-state index in [9.17, 15) is 0 Å². The number of fused-ring (bicyclic) bond motifs is 7. The summed E-state index contributed by atoms with van der Waals surface area (Å²) in [6.07, 6.45) is 0. The Balaban J connectivity index is 1.19. The lowest BCUT2D eigenvalue weighted by Crippen LogP contribution is -2.04. The number of oxazole rings is 1. The lowest BCUT2D eigenvalue weighted by molar-refractivity contribution is 0.620. The highest BCUT2D eigenvalue weighted by molar-refractivity contribution is 6.20. The van der Waals surface area contributed by atoms with Crippen LogP contribution in [0.25, 0.3) is 71.3 Å². The fourth-order valence-electron chi connectivity index (χ4n) is 6.74. The second kappa shape index (κ2) is 12.1. The van der Waals surface area contributed by atoms with Gasteiger partial charge in [0.15, 0.2) is 11.4 Å². The van der Waals surface area contributed by atoms with E-state index in [1.165, 1.54) is 16.2 Å². The molecule has 0 spiro atoms. The molecule has 0 aliphatic rings. The Bertz CT molecular complexity index is 2840. The molecule has 0 unspecified atom stereocenters. The molecule has 4 heteroatoms. The lowest BCUT2D eigenvalue weighted by Gasteiger charge is -2.10. The average molecular weight is 642 g/mol. The van der Waals surface area contributed by atoms with E-state index >= 15 is 0 Å². The molecule has 0 aliphatic heterocycles. The summed E-state index contributed by atoms with van der Waals surface area (Å²) in [6.45, 7) is 6.45. The number of hydrogen-bond acceptors (Lipinski definition) is 3. The maximum atomic E-state index is 6.24. The van der Waals surface area contributed by atoms with Gasteiger partial charge in [-0.3, -0.25) is 0 Å². The van der Waals surface area contributed by atoms with Crippen LogP contribution in [0.2, 0.25) is 0 Å². The van der Waals surface area contributed by atoms with E-state index in [1.54, 1.807) is 0 Å². The highest BCUT2D eigenvalue weighted by Crippen LogP contribution is 2.35. The van der Waals surface area contributed by atoms with Gasteiger partial charge in [-0.2, -0.15) is 0 Å². The Morgan fingerprint density at radius 1 is 0.540 bits per heavy atom. The van der Waals surface area contributed by atoms with Crippen LogP contribution in [0.4, 0.5) is 0 Å². The zero-order valence-corrected chi connectivity index (χ0v) is 27.5. The molecule has 9 aromatic rings. The van der Waals surface area contributed by atoms with E-state index in [-0.39, 0.29) is 0 Å². The van der Waals surface area contributed by atoms with E-state index < -0.39 is 0 Å². The predicted molar refractivity (Wildman–Crippen MR) is 210 cm³/mol. The van der Waals surface area contributed by atoms with Gasteiger partial charge >= 0.3 is 0 Å². The van der Waals surface area contributed by atoms with Gasteiger partial charge in [-0.25, -0.2) is 15.0 Å². The first-order chi connectivity index (χ1) is 24.6. The molecule has 0 aliphatic carbocycles. The van der Waals surface area contributed by atoms with Gasteiger partial charge in [0.05, 0.1) is 5.70 Å². The zero-order valence-electron chi connectivity index (χ0n) is 27.5. The van der Waals surface area contributed by atoms with Crippen molar-refractivity contribution in [1.29, 1.82) is 0 Å². The maximum absolute atomic E-state index is 6.24. The van der Waals surface area contributed by atoms with Gasteiger partial charge in [0.2, 0.25) is 5.89 Å². The number of amidine groups is 1. The molecule has 236 valence electrons. The van der Waals surface area contributed by atoms with Crippen molar-refractivity contribution in [2.45, 2.75) is 6.92 Å². The topological polar surface area (TPSA) is 50.8 Å². The van der Waals surface area contributed by atoms with Crippen molar-refractivity contribution in [2.75, 3.05) is 0 Å². The molecule has 1 heterocycles. The molecular weight excluding hydrogens is 611 g/mol. The van der Waals surface area contributed by atoms with Crippen LogP contribution in [-0.4, -0.2) is 16.5 Å². The maximum Gasteiger partial charge on any atom is 0.227 e. The van der Waals surface area contributed by atoms with Crippen LogP contribution in [0.3, 0.4) is 0 Å². The Hall–Kier alpha value is -6.65. The van der Waals surface area contributed by atoms with Crippen LogP contribution in [-0.2, 0) is 0 Å². The van der Waals surface area contributed by atoms with Crippen LogP contribution in [0.1, 0.15) is 23.6 Å². The van der Waals surface area contributed by atoms with E-state index in [2.05, 4.69) is 128 Å². The molecule has 0 fully saturated rings. The zero-order chi connectivity index (χ0) is 33.6. The SMILES string of the molecule is C=C(N=C(N=C(C)c1ccc2ccccc2c1)c1ccc2c(ccc3ccc4oc(-c5ccccc5)nc4c32)c1)c1ccc2ccccc2c1. The molecule has 0 amide bonds. The second-order valence-corrected chi connectivity index (χ2v) is 12.6. The minimum absolute atomic E-state index is 0.599. The Labute approximate surface area is 289 Å². The van der Waals surface area contributed by atoms with E-state index in [0.29, 0.717) is 17.4 Å². The summed E-state index contributed by atoms with van der Waals surface area (Å²) in [4.78, 5) is 15.3. The second-order valence-electron chi connectivity index (χ2n) is 12.6. The van der Waals surface area contributed by atoms with Gasteiger partial charge < -0.3 is 4.42 Å². The minimum atomic E-state index is 0.599. The van der Waals surface area contributed by atoms with Crippen LogP contribution in [0.15, 0.2) is 179 Å². The van der Waals surface area contributed by atoms with Crippen molar-refractivity contribution in [1.82, 2.24) is 4.98 Å². The highest BCUT2D eigenvalue weighted by atomic mass is 16.3. The smallest absolute Gasteiger partial charge is 0.227 e. The normalized spacial score (nSPS) is 12.4. The van der Waals surface area contributed by atoms with Crippen LogP contribution in [0, 0.1) is 0 Å². The molecule has 8 aromatic carbocycles. The third-order valence-electron chi connectivity index (χ3n) is 9.40. The van der Waals surface area contributed by atoms with Crippen LogP contribution >= 0.6 is 0 Å². The van der Waals surface area contributed by atoms with Crippen molar-refractivity contribution in [2.24, 2.45) is 9.98 Å². The summed E-state index contributed by atoms with van der Waals surface area (Å²) in [5.41, 5.74) is 6.98. The first-order valence-corrected chi connectivity index (χ1v) is 16.7. The molecule has 0 N–H and O–H groups in total. The molecule has 0 saturated carbocycles. The molecule has 0 atom stereocenters. The molecular formula is C46H31N3O. The summed E-state index contributed by atoms with van der Waals surface area (Å²) in [7, 11) is 0. The third-order valence-corrected chi connectivity index (χ3v) is 9.40. The van der Waals surface area contributed by atoms with Crippen LogP contribution < -0.4 is 0 Å². The molecule has 9 rings (SSSR count). The summed E-state index contributed by atoms with van der Waals surface area (Å²) in [5, 5.41) is 9.01. The molecule has 0 bridgehead atoms. The quantitative estimate of drug-likeness (QED) is 0.107. The number of aliphatic imine (C=N–C) groups is 2. The number of rotatable bonds is 5. The fraction of sp³-hybridized carbons (Fsp3) is 0.0217. The Kier molecular flexibility index (Phi) is 7.14. The average Bonchev–Trinajstić information content (AvgIpc) is 3.62. The van der Waals surface area contributed by atoms with Crippen molar-refractivity contribution >= 4 is 71.4 Å². The van der Waals surface area contributed by atoms with Gasteiger partial charge in [-0.1, -0.05) is 128 Å². The summed E-state index contributed by atoms with van der Waals surface area (Å²) >= 11 is 0. The van der Waals surface area contributed by atoms with E-state index in [4.69, 9.17) is 19.4 Å². The van der Waals surface area contributed by atoms with Crippen molar-refractivity contribution in [3.63, 3.8) is 0 Å². The monoisotopic (exact) mass is 641 g/mol. The Morgan fingerprint density at radius 2 is 1.12 bits per heavy atom. The van der Waals surface area contributed by atoms with Gasteiger partial charge in [0.25, 0.3) is 0 Å². The van der Waals surface area contributed by atoms with Crippen molar-refractivity contribution in [3.8, 4) is 11.5 Å². The number of benzene rings is 8. The molecule has 1 aromatic heterocycles. The standard InChI is InChI=1S/C46H31N3O/c1-29(35-19-16-31-10-6-8-14-37(31)26-35)47-45(48-30(2)36-20-17-32-11-7-9-15-38(32)27-36)40-22-24-41-39(28-40)21-18-33-23-25-42-44(43(33)41)49-46(50-42)34-12-4-3-5-13-34/h3-28H,1H2,2H3. The summed E-state index contributed by atoms with van der Waals surface area (Å²) in [6, 6.07) is 54.3. The molecule has 0 saturated heterocycles.